The highest BCUT2D eigenvalue weighted by atomic mass is 35.5. The highest BCUT2D eigenvalue weighted by molar-refractivity contribution is 6.63. The maximum atomic E-state index is 10.3. The van der Waals surface area contributed by atoms with Crippen LogP contribution in [0.3, 0.4) is 0 Å². The van der Waals surface area contributed by atoms with Crippen LogP contribution in [0.15, 0.2) is 0 Å². The van der Waals surface area contributed by atoms with Crippen LogP contribution in [0.4, 0.5) is 0 Å². The fourth-order valence-corrected chi connectivity index (χ4v) is 1.73. The first-order chi connectivity index (χ1) is 4.89. The van der Waals surface area contributed by atoms with E-state index >= 15 is 0 Å². The Labute approximate surface area is 84.3 Å². The fraction of sp³-hybridized carbons (Fsp3) is 0.800. The SMILES string of the molecule is O=CN1CC(Cl)(Cl)C(Cl)(Cl)C1. The zero-order chi connectivity index (χ0) is 8.70. The van der Waals surface area contributed by atoms with Gasteiger partial charge < -0.3 is 4.90 Å². The summed E-state index contributed by atoms with van der Waals surface area (Å²) in [7, 11) is 0. The summed E-state index contributed by atoms with van der Waals surface area (Å²) in [5.41, 5.74) is 0. The molecule has 0 unspecified atom stereocenters. The van der Waals surface area contributed by atoms with Gasteiger partial charge in [-0.15, -0.1) is 0 Å². The molecule has 1 rings (SSSR count). The lowest BCUT2D eigenvalue weighted by atomic mass is 10.3. The van der Waals surface area contributed by atoms with E-state index in [0.717, 1.165) is 0 Å². The summed E-state index contributed by atoms with van der Waals surface area (Å²) in [5, 5.41) is 0. The average Bonchev–Trinajstić information content (AvgIpc) is 2.03. The summed E-state index contributed by atoms with van der Waals surface area (Å²) in [6.45, 7) is 0.319. The first-order valence-electron chi connectivity index (χ1n) is 2.84. The van der Waals surface area contributed by atoms with E-state index in [4.69, 9.17) is 46.4 Å². The number of hydrogen-bond donors (Lipinski definition) is 0. The van der Waals surface area contributed by atoms with Crippen LogP contribution in [0.25, 0.3) is 0 Å². The van der Waals surface area contributed by atoms with E-state index in [1.165, 1.54) is 4.90 Å². The summed E-state index contributed by atoms with van der Waals surface area (Å²) >= 11 is 22.9. The first kappa shape index (κ1) is 9.72. The molecule has 1 aliphatic heterocycles. The van der Waals surface area contributed by atoms with Crippen LogP contribution >= 0.6 is 46.4 Å². The summed E-state index contributed by atoms with van der Waals surface area (Å²) in [6.07, 6.45) is 0.617. The van der Waals surface area contributed by atoms with Crippen molar-refractivity contribution in [2.45, 2.75) is 8.67 Å². The molecular weight excluding hydrogens is 232 g/mol. The minimum absolute atomic E-state index is 0.159. The quantitative estimate of drug-likeness (QED) is 0.503. The Balaban J connectivity index is 2.79. The van der Waals surface area contributed by atoms with E-state index in [2.05, 4.69) is 0 Å². The minimum Gasteiger partial charge on any atom is -0.339 e. The second-order valence-electron chi connectivity index (χ2n) is 2.42. The molecule has 0 aromatic carbocycles. The van der Waals surface area contributed by atoms with Crippen molar-refractivity contribution >= 4 is 52.8 Å². The van der Waals surface area contributed by atoms with Gasteiger partial charge in [0, 0.05) is 0 Å². The molecular formula is C5H5Cl4NO. The minimum atomic E-state index is -1.27. The molecule has 0 aliphatic carbocycles. The second-order valence-corrected chi connectivity index (χ2v) is 5.39. The number of alkyl halides is 4. The molecule has 0 aromatic heterocycles. The van der Waals surface area contributed by atoms with E-state index in [-0.39, 0.29) is 13.1 Å². The number of likely N-dealkylation sites (tertiary alicyclic amines) is 1. The summed E-state index contributed by atoms with van der Waals surface area (Å²) < 4.78 is -2.53. The molecule has 0 aromatic rings. The van der Waals surface area contributed by atoms with Crippen LogP contribution in [0.2, 0.25) is 0 Å². The third-order valence-corrected chi connectivity index (χ3v) is 3.64. The monoisotopic (exact) mass is 235 g/mol. The highest BCUT2D eigenvalue weighted by Crippen LogP contribution is 2.47. The number of nitrogens with zero attached hydrogens (tertiary/aromatic N) is 1. The lowest BCUT2D eigenvalue weighted by Gasteiger charge is -2.21. The predicted octanol–water partition coefficient (Wildman–Crippen LogP) is 1.81. The van der Waals surface area contributed by atoms with Gasteiger partial charge in [0.25, 0.3) is 0 Å². The molecule has 11 heavy (non-hydrogen) atoms. The fourth-order valence-electron chi connectivity index (χ4n) is 0.872. The van der Waals surface area contributed by atoms with Crippen LogP contribution in [0, 0.1) is 0 Å². The van der Waals surface area contributed by atoms with Gasteiger partial charge in [-0.2, -0.15) is 0 Å². The van der Waals surface area contributed by atoms with Crippen molar-refractivity contribution in [1.29, 1.82) is 0 Å². The molecule has 2 nitrogen and oxygen atoms in total. The predicted molar refractivity (Wildman–Crippen MR) is 46.5 cm³/mol. The van der Waals surface area contributed by atoms with Gasteiger partial charge in [0.05, 0.1) is 13.1 Å². The van der Waals surface area contributed by atoms with Crippen LogP contribution in [-0.2, 0) is 4.79 Å². The van der Waals surface area contributed by atoms with Crippen LogP contribution in [0.1, 0.15) is 0 Å². The standard InChI is InChI=1S/C5H5Cl4NO/c6-4(7)1-10(3-11)2-5(4,8)9/h3H,1-2H2. The van der Waals surface area contributed by atoms with E-state index in [1.807, 2.05) is 0 Å². The van der Waals surface area contributed by atoms with Gasteiger partial charge in [-0.25, -0.2) is 0 Å². The average molecular weight is 237 g/mol. The number of amides is 1. The van der Waals surface area contributed by atoms with Crippen molar-refractivity contribution in [3.05, 3.63) is 0 Å². The molecule has 6 heteroatoms. The van der Waals surface area contributed by atoms with E-state index < -0.39 is 8.67 Å². The third-order valence-electron chi connectivity index (χ3n) is 1.49. The lowest BCUT2D eigenvalue weighted by Crippen LogP contribution is -2.33. The smallest absolute Gasteiger partial charge is 0.209 e. The maximum absolute atomic E-state index is 10.3. The Kier molecular flexibility index (Phi) is 2.51. The Morgan fingerprint density at radius 1 is 1.09 bits per heavy atom. The number of carbonyl (C=O) groups excluding carboxylic acids is 1. The van der Waals surface area contributed by atoms with Gasteiger partial charge >= 0.3 is 0 Å². The maximum Gasteiger partial charge on any atom is 0.209 e. The third kappa shape index (κ3) is 1.69. The van der Waals surface area contributed by atoms with Crippen LogP contribution in [0.5, 0.6) is 0 Å². The van der Waals surface area contributed by atoms with E-state index in [0.29, 0.717) is 6.41 Å². The number of carbonyl (C=O) groups is 1. The molecule has 0 atom stereocenters. The molecule has 0 radical (unpaired) electrons. The van der Waals surface area contributed by atoms with Gasteiger partial charge in [-0.1, -0.05) is 46.4 Å². The number of hydrogen-bond acceptors (Lipinski definition) is 1. The van der Waals surface area contributed by atoms with Crippen LogP contribution < -0.4 is 0 Å². The first-order valence-corrected chi connectivity index (χ1v) is 4.35. The second kappa shape index (κ2) is 2.84. The van der Waals surface area contributed by atoms with E-state index in [1.54, 1.807) is 0 Å². The number of rotatable bonds is 1. The summed E-state index contributed by atoms with van der Waals surface area (Å²) in [5.74, 6) is 0. The largest absolute Gasteiger partial charge is 0.339 e. The molecule has 1 heterocycles. The van der Waals surface area contributed by atoms with Gasteiger partial charge in [-0.05, 0) is 0 Å². The molecule has 0 spiro atoms. The van der Waals surface area contributed by atoms with Crippen molar-refractivity contribution in [2.75, 3.05) is 13.1 Å². The molecule has 0 bridgehead atoms. The van der Waals surface area contributed by atoms with Crippen molar-refractivity contribution in [1.82, 2.24) is 4.90 Å². The lowest BCUT2D eigenvalue weighted by molar-refractivity contribution is -0.117. The molecule has 1 amide bonds. The van der Waals surface area contributed by atoms with Gasteiger partial charge in [-0.3, -0.25) is 4.79 Å². The van der Waals surface area contributed by atoms with Gasteiger partial charge in [0.1, 0.15) is 0 Å². The molecule has 1 fully saturated rings. The van der Waals surface area contributed by atoms with E-state index in [9.17, 15) is 4.79 Å². The Bertz CT molecular complexity index is 165. The molecule has 1 aliphatic rings. The summed E-state index contributed by atoms with van der Waals surface area (Å²) in [4.78, 5) is 11.6. The normalized spacial score (nSPS) is 27.1. The molecule has 64 valence electrons. The molecule has 0 N–H and O–H groups in total. The zero-order valence-electron chi connectivity index (χ0n) is 5.36. The van der Waals surface area contributed by atoms with Gasteiger partial charge in [0.2, 0.25) is 6.41 Å². The zero-order valence-corrected chi connectivity index (χ0v) is 8.38. The number of halogens is 4. The van der Waals surface area contributed by atoms with Crippen molar-refractivity contribution in [2.24, 2.45) is 0 Å². The topological polar surface area (TPSA) is 20.3 Å². The summed E-state index contributed by atoms with van der Waals surface area (Å²) in [6, 6.07) is 0. The molecule has 0 saturated carbocycles. The Hall–Kier alpha value is 0.630. The Morgan fingerprint density at radius 2 is 1.45 bits per heavy atom. The molecule has 1 saturated heterocycles. The van der Waals surface area contributed by atoms with Crippen molar-refractivity contribution in [3.8, 4) is 0 Å². The van der Waals surface area contributed by atoms with Crippen molar-refractivity contribution in [3.63, 3.8) is 0 Å². The highest BCUT2D eigenvalue weighted by Gasteiger charge is 2.54. The Morgan fingerprint density at radius 3 is 1.64 bits per heavy atom. The van der Waals surface area contributed by atoms with Crippen molar-refractivity contribution < 1.29 is 4.79 Å². The van der Waals surface area contributed by atoms with Crippen LogP contribution in [-0.4, -0.2) is 33.1 Å². The van der Waals surface area contributed by atoms with Gasteiger partial charge in [0.15, 0.2) is 8.67 Å².